The highest BCUT2D eigenvalue weighted by molar-refractivity contribution is 8.01. The first kappa shape index (κ1) is 21.8. The molecule has 2 aromatic carbocycles. The Morgan fingerprint density at radius 2 is 1.81 bits per heavy atom. The van der Waals surface area contributed by atoms with Gasteiger partial charge < -0.3 is 0 Å². The zero-order valence-electron chi connectivity index (χ0n) is 16.6. The predicted octanol–water partition coefficient (Wildman–Crippen LogP) is 6.00. The van der Waals surface area contributed by atoms with Crippen molar-refractivity contribution in [2.24, 2.45) is 0 Å². The third-order valence-corrected chi connectivity index (χ3v) is 7.32. The van der Waals surface area contributed by atoms with Crippen LogP contribution < -0.4 is 10.2 Å². The van der Waals surface area contributed by atoms with Gasteiger partial charge in [-0.1, -0.05) is 41.1 Å². The zero-order valence-corrected chi connectivity index (χ0v) is 19.8. The number of nitrogens with zero attached hydrogens (tertiary/aromatic N) is 1. The van der Waals surface area contributed by atoms with Gasteiger partial charge in [0.25, 0.3) is 11.8 Å². The lowest BCUT2D eigenvalue weighted by Gasteiger charge is -2.30. The molecule has 1 fully saturated rings. The van der Waals surface area contributed by atoms with Gasteiger partial charge in [0.05, 0.1) is 9.90 Å². The summed E-state index contributed by atoms with van der Waals surface area (Å²) in [6.45, 7) is 3.90. The molecular weight excluding hydrogens is 468 g/mol. The second kappa shape index (κ2) is 8.96. The number of carbonyl (C=O) groups excluding carboxylic acids is 2. The fourth-order valence-electron chi connectivity index (χ4n) is 3.16. The first-order valence-electron chi connectivity index (χ1n) is 9.34. The van der Waals surface area contributed by atoms with Gasteiger partial charge in [0.1, 0.15) is 5.57 Å². The summed E-state index contributed by atoms with van der Waals surface area (Å²) in [4.78, 5) is 29.0. The number of amides is 2. The molecule has 0 saturated carbocycles. The number of nitrogens with one attached hydrogen (secondary N) is 1. The van der Waals surface area contributed by atoms with Crippen LogP contribution in [0.2, 0.25) is 5.02 Å². The third kappa shape index (κ3) is 4.75. The molecule has 0 bridgehead atoms. The first-order chi connectivity index (χ1) is 14.8. The minimum Gasteiger partial charge on any atom is -0.298 e. The molecule has 1 aromatic heterocycles. The number of hydrogen-bond acceptors (Lipinski definition) is 5. The van der Waals surface area contributed by atoms with Crippen LogP contribution in [0.25, 0.3) is 6.08 Å². The number of aryl methyl sites for hydroxylation is 2. The van der Waals surface area contributed by atoms with E-state index in [1.54, 1.807) is 17.8 Å². The highest BCUT2D eigenvalue weighted by atomic mass is 35.5. The Hall–Kier alpha value is -2.45. The Morgan fingerprint density at radius 3 is 2.52 bits per heavy atom. The van der Waals surface area contributed by atoms with Crippen LogP contribution in [0.15, 0.2) is 69.3 Å². The molecule has 1 aliphatic rings. The highest BCUT2D eigenvalue weighted by Crippen LogP contribution is 2.35. The molecule has 2 amide bonds. The van der Waals surface area contributed by atoms with Crippen molar-refractivity contribution in [3.05, 3.63) is 81.2 Å². The maximum atomic E-state index is 13.2. The van der Waals surface area contributed by atoms with E-state index < -0.39 is 11.8 Å². The van der Waals surface area contributed by atoms with E-state index in [2.05, 4.69) is 5.32 Å². The Balaban J connectivity index is 1.61. The number of halogens is 1. The Bertz CT molecular complexity index is 1230. The molecule has 0 atom stereocenters. The number of rotatable bonds is 4. The molecular formula is C23H17ClN2O2S3. The first-order valence-corrected chi connectivity index (χ1v) is 11.8. The van der Waals surface area contributed by atoms with Crippen LogP contribution in [0.4, 0.5) is 5.69 Å². The van der Waals surface area contributed by atoms with Gasteiger partial charge in [-0.2, -0.15) is 0 Å². The van der Waals surface area contributed by atoms with Gasteiger partial charge in [0.15, 0.2) is 5.11 Å². The van der Waals surface area contributed by atoms with E-state index in [1.165, 1.54) is 16.2 Å². The lowest BCUT2D eigenvalue weighted by atomic mass is 10.1. The van der Waals surface area contributed by atoms with Gasteiger partial charge in [-0.25, -0.2) is 0 Å². The van der Waals surface area contributed by atoms with E-state index in [-0.39, 0.29) is 10.7 Å². The van der Waals surface area contributed by atoms with E-state index in [0.717, 1.165) is 25.1 Å². The Labute approximate surface area is 198 Å². The molecule has 1 saturated heterocycles. The van der Waals surface area contributed by atoms with E-state index in [0.29, 0.717) is 10.7 Å². The van der Waals surface area contributed by atoms with Gasteiger partial charge in [0, 0.05) is 14.8 Å². The van der Waals surface area contributed by atoms with Crippen LogP contribution in [0.1, 0.15) is 16.0 Å². The van der Waals surface area contributed by atoms with Gasteiger partial charge in [-0.15, -0.1) is 11.3 Å². The van der Waals surface area contributed by atoms with E-state index in [4.69, 9.17) is 23.8 Å². The summed E-state index contributed by atoms with van der Waals surface area (Å²) in [5, 5.41) is 3.41. The summed E-state index contributed by atoms with van der Waals surface area (Å²) in [6.07, 6.45) is 1.62. The van der Waals surface area contributed by atoms with Crippen LogP contribution in [0.3, 0.4) is 0 Å². The van der Waals surface area contributed by atoms with Crippen molar-refractivity contribution >= 4 is 75.6 Å². The van der Waals surface area contributed by atoms with Crippen molar-refractivity contribution in [1.29, 1.82) is 0 Å². The van der Waals surface area contributed by atoms with Gasteiger partial charge in [-0.05, 0) is 80.2 Å². The Morgan fingerprint density at radius 1 is 1.06 bits per heavy atom. The molecule has 0 radical (unpaired) electrons. The van der Waals surface area contributed by atoms with Crippen molar-refractivity contribution in [3.8, 4) is 0 Å². The largest absolute Gasteiger partial charge is 0.298 e. The monoisotopic (exact) mass is 484 g/mol. The van der Waals surface area contributed by atoms with Gasteiger partial charge >= 0.3 is 0 Å². The molecule has 2 heterocycles. The number of anilines is 1. The van der Waals surface area contributed by atoms with E-state index in [9.17, 15) is 9.59 Å². The topological polar surface area (TPSA) is 49.4 Å². The SMILES string of the molecule is Cc1ccc(N2C(=O)C(=Cc3ccc(Sc4ccc(Cl)cc4)s3)C(=O)NC2=S)c(C)c1. The van der Waals surface area contributed by atoms with Crippen LogP contribution in [-0.4, -0.2) is 16.9 Å². The smallest absolute Gasteiger partial charge is 0.270 e. The van der Waals surface area contributed by atoms with Crippen molar-refractivity contribution < 1.29 is 9.59 Å². The molecule has 0 aliphatic carbocycles. The fourth-order valence-corrected chi connectivity index (χ4v) is 5.63. The Kier molecular flexibility index (Phi) is 6.29. The molecule has 1 aliphatic heterocycles. The number of benzene rings is 2. The fraction of sp³-hybridized carbons (Fsp3) is 0.0870. The van der Waals surface area contributed by atoms with Crippen LogP contribution in [0, 0.1) is 13.8 Å². The van der Waals surface area contributed by atoms with E-state index in [1.807, 2.05) is 68.4 Å². The third-order valence-electron chi connectivity index (χ3n) is 4.62. The maximum Gasteiger partial charge on any atom is 0.270 e. The van der Waals surface area contributed by atoms with Crippen LogP contribution >= 0.6 is 46.9 Å². The minimum atomic E-state index is -0.490. The minimum absolute atomic E-state index is 0.0541. The van der Waals surface area contributed by atoms with Crippen molar-refractivity contribution in [2.75, 3.05) is 4.90 Å². The molecule has 4 nitrogen and oxygen atoms in total. The average molecular weight is 485 g/mol. The molecule has 31 heavy (non-hydrogen) atoms. The van der Waals surface area contributed by atoms with Crippen LogP contribution in [0.5, 0.6) is 0 Å². The van der Waals surface area contributed by atoms with Crippen molar-refractivity contribution in [3.63, 3.8) is 0 Å². The second-order valence-corrected chi connectivity index (χ2v) is 10.3. The van der Waals surface area contributed by atoms with Crippen molar-refractivity contribution in [1.82, 2.24) is 5.32 Å². The van der Waals surface area contributed by atoms with Gasteiger partial charge in [-0.3, -0.25) is 19.8 Å². The predicted molar refractivity (Wildman–Crippen MR) is 132 cm³/mol. The molecule has 156 valence electrons. The summed E-state index contributed by atoms with van der Waals surface area (Å²) in [5.41, 5.74) is 2.71. The average Bonchev–Trinajstić information content (AvgIpc) is 3.15. The zero-order chi connectivity index (χ0) is 22.1. The lowest BCUT2D eigenvalue weighted by Crippen LogP contribution is -2.54. The highest BCUT2D eigenvalue weighted by Gasteiger charge is 2.35. The molecule has 0 spiro atoms. The summed E-state index contributed by atoms with van der Waals surface area (Å²) >= 11 is 14.3. The molecule has 8 heteroatoms. The van der Waals surface area contributed by atoms with Crippen LogP contribution in [-0.2, 0) is 9.59 Å². The normalized spacial score (nSPS) is 15.5. The quantitative estimate of drug-likeness (QED) is 0.280. The summed E-state index contributed by atoms with van der Waals surface area (Å²) in [7, 11) is 0. The lowest BCUT2D eigenvalue weighted by molar-refractivity contribution is -0.122. The number of thiocarbonyl (C=S) groups is 1. The number of thiophene rings is 1. The molecule has 0 unspecified atom stereocenters. The summed E-state index contributed by atoms with van der Waals surface area (Å²) in [6, 6.07) is 17.2. The van der Waals surface area contributed by atoms with E-state index >= 15 is 0 Å². The summed E-state index contributed by atoms with van der Waals surface area (Å²) < 4.78 is 1.04. The van der Waals surface area contributed by atoms with Gasteiger partial charge in [0.2, 0.25) is 0 Å². The molecule has 4 rings (SSSR count). The summed E-state index contributed by atoms with van der Waals surface area (Å²) in [5.74, 6) is -0.919. The standard InChI is InChI=1S/C23H17ClN2O2S3/c1-13-3-9-19(14(2)11-13)26-22(28)18(21(27)25-23(26)29)12-17-8-10-20(31-17)30-16-6-4-15(24)5-7-16/h3-12H,1-2H3,(H,25,27,29). The molecule has 1 N–H and O–H groups in total. The number of carbonyl (C=O) groups is 2. The second-order valence-electron chi connectivity index (χ2n) is 6.96. The number of hydrogen-bond donors (Lipinski definition) is 1. The maximum absolute atomic E-state index is 13.2. The molecule has 3 aromatic rings. The van der Waals surface area contributed by atoms with Crippen molar-refractivity contribution in [2.45, 2.75) is 23.0 Å².